The zero-order chi connectivity index (χ0) is 18.3. The van der Waals surface area contributed by atoms with Crippen LogP contribution < -0.4 is 15.4 Å². The maximum Gasteiger partial charge on any atom is 0.213 e. The van der Waals surface area contributed by atoms with Crippen molar-refractivity contribution in [2.45, 2.75) is 39.2 Å². The van der Waals surface area contributed by atoms with Crippen LogP contribution in [0.1, 0.15) is 38.0 Å². The summed E-state index contributed by atoms with van der Waals surface area (Å²) in [6.07, 6.45) is 2.63. The molecule has 0 saturated carbocycles. The van der Waals surface area contributed by atoms with Crippen molar-refractivity contribution in [3.8, 4) is 5.75 Å². The van der Waals surface area contributed by atoms with Gasteiger partial charge in [-0.3, -0.25) is 4.99 Å². The van der Waals surface area contributed by atoms with Crippen molar-refractivity contribution < 1.29 is 9.15 Å². The molecule has 0 aliphatic heterocycles. The zero-order valence-corrected chi connectivity index (χ0v) is 15.7. The molecule has 0 radical (unpaired) electrons. The van der Waals surface area contributed by atoms with Crippen LogP contribution in [0.25, 0.3) is 0 Å². The van der Waals surface area contributed by atoms with Crippen molar-refractivity contribution in [1.29, 1.82) is 0 Å². The second-order valence-electron chi connectivity index (χ2n) is 6.78. The molecule has 2 N–H and O–H groups in total. The second-order valence-corrected chi connectivity index (χ2v) is 6.78. The summed E-state index contributed by atoms with van der Waals surface area (Å²) in [7, 11) is 3.43. The molecule has 1 aromatic carbocycles. The van der Waals surface area contributed by atoms with E-state index >= 15 is 0 Å². The smallest absolute Gasteiger partial charge is 0.213 e. The van der Waals surface area contributed by atoms with E-state index in [1.54, 1.807) is 20.4 Å². The fourth-order valence-electron chi connectivity index (χ4n) is 2.34. The quantitative estimate of drug-likeness (QED) is 0.623. The van der Waals surface area contributed by atoms with Crippen molar-refractivity contribution in [2.24, 2.45) is 4.99 Å². The number of benzene rings is 1. The topological polar surface area (TPSA) is 71.7 Å². The Kier molecular flexibility index (Phi) is 6.44. The van der Waals surface area contributed by atoms with Gasteiger partial charge in [0, 0.05) is 19.0 Å². The Balaban J connectivity index is 1.82. The molecule has 1 aromatic heterocycles. The average Bonchev–Trinajstić information content (AvgIpc) is 3.07. The number of oxazole rings is 1. The number of aliphatic imine (C=N–C) groups is 1. The van der Waals surface area contributed by atoms with Gasteiger partial charge in [-0.25, -0.2) is 4.98 Å². The number of ether oxygens (including phenoxy) is 1. The number of nitrogens with zero attached hydrogens (tertiary/aromatic N) is 2. The van der Waals surface area contributed by atoms with E-state index in [-0.39, 0.29) is 5.41 Å². The molecule has 0 saturated heterocycles. The van der Waals surface area contributed by atoms with Crippen molar-refractivity contribution in [1.82, 2.24) is 15.6 Å². The van der Waals surface area contributed by atoms with E-state index in [1.807, 2.05) is 18.2 Å². The van der Waals surface area contributed by atoms with Gasteiger partial charge >= 0.3 is 0 Å². The van der Waals surface area contributed by atoms with Crippen molar-refractivity contribution in [3.63, 3.8) is 0 Å². The lowest BCUT2D eigenvalue weighted by Gasteiger charge is -2.14. The van der Waals surface area contributed by atoms with Gasteiger partial charge in [-0.15, -0.1) is 0 Å². The van der Waals surface area contributed by atoms with Crippen LogP contribution >= 0.6 is 0 Å². The van der Waals surface area contributed by atoms with Gasteiger partial charge in [-0.05, 0) is 18.1 Å². The van der Waals surface area contributed by atoms with Crippen LogP contribution in [0.15, 0.2) is 39.9 Å². The first kappa shape index (κ1) is 18.8. The molecular weight excluding hydrogens is 316 g/mol. The molecule has 2 rings (SSSR count). The van der Waals surface area contributed by atoms with Crippen LogP contribution in [0.2, 0.25) is 0 Å². The fraction of sp³-hybridized carbons (Fsp3) is 0.474. The summed E-state index contributed by atoms with van der Waals surface area (Å²) in [5, 5.41) is 6.51. The first-order valence-electron chi connectivity index (χ1n) is 8.45. The molecular formula is C19H28N4O2. The Labute approximate surface area is 149 Å². The van der Waals surface area contributed by atoms with E-state index < -0.39 is 0 Å². The third-order valence-electron chi connectivity index (χ3n) is 3.80. The van der Waals surface area contributed by atoms with Gasteiger partial charge in [0.05, 0.1) is 19.9 Å². The van der Waals surface area contributed by atoms with E-state index in [1.165, 1.54) is 0 Å². The minimum absolute atomic E-state index is 0.0418. The molecule has 6 heteroatoms. The summed E-state index contributed by atoms with van der Waals surface area (Å²) in [6.45, 7) is 7.54. The summed E-state index contributed by atoms with van der Waals surface area (Å²) < 4.78 is 11.1. The van der Waals surface area contributed by atoms with Crippen LogP contribution in [-0.2, 0) is 18.4 Å². The second kappa shape index (κ2) is 8.55. The summed E-state index contributed by atoms with van der Waals surface area (Å²) in [4.78, 5) is 8.54. The lowest BCUT2D eigenvalue weighted by molar-refractivity contribution is 0.379. The van der Waals surface area contributed by atoms with Gasteiger partial charge < -0.3 is 19.8 Å². The molecule has 0 bridgehead atoms. The highest BCUT2D eigenvalue weighted by atomic mass is 16.5. The van der Waals surface area contributed by atoms with E-state index in [0.29, 0.717) is 18.4 Å². The highest BCUT2D eigenvalue weighted by molar-refractivity contribution is 5.79. The molecule has 0 fully saturated rings. The standard InChI is InChI=1S/C19H28N4O2/c1-19(2,3)16-12-22-17(25-16)13-23-18(20-4)21-11-10-14-8-6-7-9-15(14)24-5/h6-9,12H,10-11,13H2,1-5H3,(H2,20,21,23). The number of hydrogen-bond acceptors (Lipinski definition) is 4. The maximum absolute atomic E-state index is 5.77. The molecule has 1 heterocycles. The fourth-order valence-corrected chi connectivity index (χ4v) is 2.34. The Morgan fingerprint density at radius 3 is 2.64 bits per heavy atom. The largest absolute Gasteiger partial charge is 0.496 e. The Morgan fingerprint density at radius 2 is 2.00 bits per heavy atom. The van der Waals surface area contributed by atoms with E-state index in [0.717, 1.165) is 30.0 Å². The normalized spacial score (nSPS) is 12.1. The molecule has 0 aliphatic carbocycles. The first-order valence-corrected chi connectivity index (χ1v) is 8.45. The summed E-state index contributed by atoms with van der Waals surface area (Å²) >= 11 is 0. The summed E-state index contributed by atoms with van der Waals surface area (Å²) in [5.41, 5.74) is 1.12. The molecule has 0 amide bonds. The predicted molar refractivity (Wildman–Crippen MR) is 100 cm³/mol. The SMILES string of the molecule is CN=C(NCCc1ccccc1OC)NCc1ncc(C(C)(C)C)o1. The molecule has 2 aromatic rings. The molecule has 136 valence electrons. The molecule has 0 atom stereocenters. The van der Waals surface area contributed by atoms with Crippen molar-refractivity contribution in [3.05, 3.63) is 47.7 Å². The van der Waals surface area contributed by atoms with Crippen molar-refractivity contribution in [2.75, 3.05) is 20.7 Å². The number of para-hydroxylation sites is 1. The van der Waals surface area contributed by atoms with Crippen LogP contribution in [0.5, 0.6) is 5.75 Å². The van der Waals surface area contributed by atoms with Gasteiger partial charge in [0.25, 0.3) is 0 Å². The molecule has 0 spiro atoms. The predicted octanol–water partition coefficient (Wildman–Crippen LogP) is 2.89. The lowest BCUT2D eigenvalue weighted by Crippen LogP contribution is -2.37. The summed E-state index contributed by atoms with van der Waals surface area (Å²) in [5.74, 6) is 3.15. The van der Waals surface area contributed by atoms with Gasteiger partial charge in [0.1, 0.15) is 11.5 Å². The minimum Gasteiger partial charge on any atom is -0.496 e. The van der Waals surface area contributed by atoms with Gasteiger partial charge in [0.2, 0.25) is 5.89 Å². The Hall–Kier alpha value is -2.50. The number of aromatic nitrogens is 1. The van der Waals surface area contributed by atoms with Gasteiger partial charge in [0.15, 0.2) is 5.96 Å². The van der Waals surface area contributed by atoms with Crippen molar-refractivity contribution >= 4 is 5.96 Å². The van der Waals surface area contributed by atoms with Crippen LogP contribution in [0, 0.1) is 0 Å². The number of methoxy groups -OCH3 is 1. The maximum atomic E-state index is 5.77. The molecule has 0 aliphatic rings. The van der Waals surface area contributed by atoms with Gasteiger partial charge in [-0.1, -0.05) is 39.0 Å². The molecule has 25 heavy (non-hydrogen) atoms. The van der Waals surface area contributed by atoms with E-state index in [4.69, 9.17) is 9.15 Å². The number of guanidine groups is 1. The highest BCUT2D eigenvalue weighted by Crippen LogP contribution is 2.22. The average molecular weight is 344 g/mol. The first-order chi connectivity index (χ1) is 11.9. The monoisotopic (exact) mass is 344 g/mol. The van der Waals surface area contributed by atoms with Crippen LogP contribution in [-0.4, -0.2) is 31.6 Å². The van der Waals surface area contributed by atoms with Gasteiger partial charge in [-0.2, -0.15) is 0 Å². The number of nitrogens with one attached hydrogen (secondary N) is 2. The minimum atomic E-state index is -0.0418. The van der Waals surface area contributed by atoms with E-state index in [2.05, 4.69) is 47.4 Å². The number of rotatable bonds is 6. The molecule has 0 unspecified atom stereocenters. The van der Waals surface area contributed by atoms with Crippen LogP contribution in [0.4, 0.5) is 0 Å². The van der Waals surface area contributed by atoms with Crippen LogP contribution in [0.3, 0.4) is 0 Å². The third kappa shape index (κ3) is 5.52. The number of hydrogen-bond donors (Lipinski definition) is 2. The zero-order valence-electron chi connectivity index (χ0n) is 15.7. The summed E-state index contributed by atoms with van der Waals surface area (Å²) in [6, 6.07) is 8.02. The highest BCUT2D eigenvalue weighted by Gasteiger charge is 2.19. The lowest BCUT2D eigenvalue weighted by atomic mass is 9.94. The Bertz CT molecular complexity index is 701. The van der Waals surface area contributed by atoms with E-state index in [9.17, 15) is 0 Å². The Morgan fingerprint density at radius 1 is 1.24 bits per heavy atom. The third-order valence-corrected chi connectivity index (χ3v) is 3.80. The molecule has 6 nitrogen and oxygen atoms in total.